The zero-order valence-electron chi connectivity index (χ0n) is 32.0. The zero-order valence-corrected chi connectivity index (χ0v) is 34.4. The van der Waals surface area contributed by atoms with E-state index in [0.29, 0.717) is 37.4 Å². The number of alkyl halides is 1. The molecule has 2 aliphatic heterocycles. The van der Waals surface area contributed by atoms with Crippen molar-refractivity contribution < 1.29 is 61.0 Å². The summed E-state index contributed by atoms with van der Waals surface area (Å²) in [5, 5.41) is 42.0. The van der Waals surface area contributed by atoms with Gasteiger partial charge in [0.05, 0.1) is 42.8 Å². The molecule has 3 saturated carbocycles. The van der Waals surface area contributed by atoms with Crippen molar-refractivity contribution in [1.29, 1.82) is 0 Å². The van der Waals surface area contributed by atoms with Crippen molar-refractivity contribution in [2.75, 3.05) is 20.3 Å². The normalized spacial score (nSPS) is 42.9. The SMILES string of the molecule is CC(C)[N+]1(C)[C@@H]2CC[C@H]1C[C@@H](OC(=O)C(CO)c1ccccc1)C2.C[C@H]1C[C@H]2[C@@H]3CCC4=CC(=O)C=C[C@]4(C)[C@@]3(Cl)[C@@H](O)C[C@]2(C)[C@@]1(O)C(=O)CO.[Br-]. The van der Waals surface area contributed by atoms with Crippen molar-refractivity contribution in [3.05, 3.63) is 59.7 Å². The summed E-state index contributed by atoms with van der Waals surface area (Å²) < 4.78 is 6.96. The second-order valence-corrected chi connectivity index (χ2v) is 18.3. The number of rotatable bonds is 7. The molecule has 2 saturated heterocycles. The van der Waals surface area contributed by atoms with Crippen LogP contribution in [0.5, 0.6) is 0 Å². The standard InChI is InChI=1S/C22H29ClO5.C20H30NO3.BrH/c1-12-8-16-15-5-4-13-9-14(25)6-7-19(13,2)21(15,23)17(26)10-20(16,3)22(12,28)18(27)11-24;1-14(2)21(3)16-9-10-17(21)12-18(11-16)24-20(23)19(13-22)15-7-5-4-6-8-15;/h6-7,9,12,15-17,24,26,28H,4-5,8,10-11H2,1-3H3;4-8,14,16-19,22H,9-13H2,1-3H3;1H/q;+1;/p-1/t12-,15-,16-,17-,19-,20-,21-,22-;16-,17+,18+,19?,21?;/m0../s1. The van der Waals surface area contributed by atoms with Crippen LogP contribution in [-0.2, 0) is 19.1 Å². The molecule has 294 valence electrons. The number of hydrogen-bond donors (Lipinski definition) is 4. The number of aliphatic hydroxyl groups excluding tert-OH is 3. The molecule has 9 nitrogen and oxygen atoms in total. The molecule has 0 spiro atoms. The van der Waals surface area contributed by atoms with Crippen LogP contribution in [0.15, 0.2) is 54.1 Å². The minimum atomic E-state index is -1.68. The van der Waals surface area contributed by atoms with E-state index in [1.807, 2.05) is 57.2 Å². The zero-order chi connectivity index (χ0) is 38.0. The van der Waals surface area contributed by atoms with Gasteiger partial charge >= 0.3 is 5.97 Å². The number of halogens is 2. The first-order valence-electron chi connectivity index (χ1n) is 19.3. The molecule has 0 amide bonds. The van der Waals surface area contributed by atoms with Crippen LogP contribution < -0.4 is 17.0 Å². The number of Topliss-reactive ketones (excluding diaryl/α,β-unsaturated/α-hetero) is 1. The summed E-state index contributed by atoms with van der Waals surface area (Å²) in [5.74, 6) is -2.00. The molecular weight excluding hydrogens is 762 g/mol. The highest BCUT2D eigenvalue weighted by Gasteiger charge is 2.74. The quantitative estimate of drug-likeness (QED) is 0.186. The Morgan fingerprint density at radius 2 is 1.64 bits per heavy atom. The maximum absolute atomic E-state index is 12.6. The Labute approximate surface area is 330 Å². The smallest absolute Gasteiger partial charge is 0.316 e. The summed E-state index contributed by atoms with van der Waals surface area (Å²) in [6.07, 6.45) is 10.6. The van der Waals surface area contributed by atoms with Crippen LogP contribution in [0.4, 0.5) is 0 Å². The average molecular weight is 821 g/mol. The first-order chi connectivity index (χ1) is 24.4. The third-order valence-corrected chi connectivity index (χ3v) is 16.3. The first-order valence-corrected chi connectivity index (χ1v) is 19.7. The number of carbonyl (C=O) groups excluding carboxylic acids is 3. The molecule has 13 atom stereocenters. The molecule has 7 rings (SSSR count). The van der Waals surface area contributed by atoms with Crippen molar-refractivity contribution in [2.45, 2.75) is 133 Å². The third-order valence-electron chi connectivity index (χ3n) is 15.3. The highest BCUT2D eigenvalue weighted by Crippen LogP contribution is 2.71. The van der Waals surface area contributed by atoms with Gasteiger partial charge in [-0.15, -0.1) is 11.6 Å². The molecule has 4 N–H and O–H groups in total. The molecule has 11 heteroatoms. The van der Waals surface area contributed by atoms with Gasteiger partial charge in [0.1, 0.15) is 24.2 Å². The minimum Gasteiger partial charge on any atom is -1.00 e. The number of fused-ring (bicyclic) bond motifs is 7. The number of nitrogens with zero attached hydrogens (tertiary/aromatic N) is 1. The lowest BCUT2D eigenvalue weighted by Gasteiger charge is -2.63. The minimum absolute atomic E-state index is 0. The van der Waals surface area contributed by atoms with Gasteiger partial charge in [0.25, 0.3) is 0 Å². The van der Waals surface area contributed by atoms with E-state index in [9.17, 15) is 34.8 Å². The van der Waals surface area contributed by atoms with Gasteiger partial charge in [-0.1, -0.05) is 62.8 Å². The molecule has 2 bridgehead atoms. The van der Waals surface area contributed by atoms with E-state index in [1.54, 1.807) is 6.08 Å². The van der Waals surface area contributed by atoms with E-state index in [2.05, 4.69) is 20.9 Å². The molecule has 2 heterocycles. The van der Waals surface area contributed by atoms with Crippen LogP contribution >= 0.6 is 11.6 Å². The highest BCUT2D eigenvalue weighted by molar-refractivity contribution is 6.26. The largest absolute Gasteiger partial charge is 1.00 e. The van der Waals surface area contributed by atoms with Crippen LogP contribution in [0.2, 0.25) is 0 Å². The number of ether oxygens (including phenoxy) is 1. The summed E-state index contributed by atoms with van der Waals surface area (Å²) in [5.41, 5.74) is -1.42. The number of benzene rings is 1. The molecule has 0 radical (unpaired) electrons. The molecule has 5 fully saturated rings. The van der Waals surface area contributed by atoms with Crippen molar-refractivity contribution in [3.63, 3.8) is 0 Å². The average Bonchev–Trinajstić information content (AvgIpc) is 3.39. The Balaban J connectivity index is 0.000000203. The second kappa shape index (κ2) is 15.2. The number of carbonyl (C=O) groups is 3. The van der Waals surface area contributed by atoms with E-state index in [1.165, 1.54) is 18.9 Å². The van der Waals surface area contributed by atoms with Gasteiger partial charge in [-0.05, 0) is 75.0 Å². The number of piperidine rings is 1. The first kappa shape index (κ1) is 42.2. The maximum atomic E-state index is 12.6. The predicted octanol–water partition coefficient (Wildman–Crippen LogP) is 2.02. The van der Waals surface area contributed by atoms with Crippen LogP contribution in [0.3, 0.4) is 0 Å². The molecule has 4 aliphatic carbocycles. The number of ketones is 2. The summed E-state index contributed by atoms with van der Waals surface area (Å²) >= 11 is 7.30. The molecule has 0 aromatic heterocycles. The van der Waals surface area contributed by atoms with Gasteiger partial charge in [0, 0.05) is 36.5 Å². The van der Waals surface area contributed by atoms with Crippen LogP contribution in [-0.4, -0.2) is 104 Å². The number of quaternary nitrogens is 1. The fourth-order valence-corrected chi connectivity index (χ4v) is 12.6. The van der Waals surface area contributed by atoms with Crippen molar-refractivity contribution in [2.24, 2.45) is 28.6 Å². The van der Waals surface area contributed by atoms with E-state index < -0.39 is 45.7 Å². The van der Waals surface area contributed by atoms with Gasteiger partial charge in [-0.2, -0.15) is 0 Å². The number of esters is 1. The molecule has 53 heavy (non-hydrogen) atoms. The predicted molar refractivity (Wildman–Crippen MR) is 198 cm³/mol. The lowest BCUT2D eigenvalue weighted by atomic mass is 9.45. The Kier molecular flexibility index (Phi) is 12.1. The molecule has 1 aromatic carbocycles. The molecule has 2 unspecified atom stereocenters. The number of allylic oxidation sites excluding steroid dienone is 4. The fourth-order valence-electron chi connectivity index (χ4n) is 12.1. The Morgan fingerprint density at radius 3 is 2.21 bits per heavy atom. The van der Waals surface area contributed by atoms with Gasteiger partial charge in [0.15, 0.2) is 11.6 Å². The summed E-state index contributed by atoms with van der Waals surface area (Å²) in [6.45, 7) is 9.37. The second-order valence-electron chi connectivity index (χ2n) is 17.6. The molecule has 1 aromatic rings. The van der Waals surface area contributed by atoms with Crippen molar-refractivity contribution in [1.82, 2.24) is 0 Å². The van der Waals surface area contributed by atoms with E-state index in [4.69, 9.17) is 16.3 Å². The Morgan fingerprint density at radius 1 is 1.02 bits per heavy atom. The third kappa shape index (κ3) is 6.34. The monoisotopic (exact) mass is 819 g/mol. The van der Waals surface area contributed by atoms with Crippen LogP contribution in [0.25, 0.3) is 0 Å². The summed E-state index contributed by atoms with van der Waals surface area (Å²) in [6, 6.07) is 11.2. The van der Waals surface area contributed by atoms with E-state index >= 15 is 0 Å². The van der Waals surface area contributed by atoms with Crippen molar-refractivity contribution in [3.8, 4) is 0 Å². The maximum Gasteiger partial charge on any atom is 0.316 e. The van der Waals surface area contributed by atoms with E-state index in [-0.39, 0.29) is 65.6 Å². The van der Waals surface area contributed by atoms with Crippen LogP contribution in [0, 0.1) is 28.6 Å². The fraction of sp³-hybridized carbons (Fsp3) is 0.690. The summed E-state index contributed by atoms with van der Waals surface area (Å²) in [7, 11) is 2.37. The Hall–Kier alpha value is -1.92. The molecular formula is C42H59BrClNO8. The van der Waals surface area contributed by atoms with Gasteiger partial charge in [0.2, 0.25) is 0 Å². The highest BCUT2D eigenvalue weighted by atomic mass is 79.9. The summed E-state index contributed by atoms with van der Waals surface area (Å²) in [4.78, 5) is 36.1. The van der Waals surface area contributed by atoms with Crippen LogP contribution in [0.1, 0.15) is 97.5 Å². The van der Waals surface area contributed by atoms with Gasteiger partial charge in [-0.25, -0.2) is 0 Å². The lowest BCUT2D eigenvalue weighted by Crippen LogP contribution is -3.00. The number of aliphatic hydroxyl groups is 4. The number of hydrogen-bond acceptors (Lipinski definition) is 8. The van der Waals surface area contributed by atoms with Gasteiger partial charge in [-0.3, -0.25) is 14.4 Å². The topological polar surface area (TPSA) is 141 Å². The van der Waals surface area contributed by atoms with E-state index in [0.717, 1.165) is 28.5 Å². The lowest BCUT2D eigenvalue weighted by molar-refractivity contribution is -0.968. The molecule has 6 aliphatic rings. The van der Waals surface area contributed by atoms with Gasteiger partial charge < -0.3 is 46.6 Å². The Bertz CT molecular complexity index is 1600. The van der Waals surface area contributed by atoms with Crippen molar-refractivity contribution >= 4 is 29.1 Å².